The second kappa shape index (κ2) is 4.74. The first-order valence-electron chi connectivity index (χ1n) is 7.00. The lowest BCUT2D eigenvalue weighted by Crippen LogP contribution is -2.41. The van der Waals surface area contributed by atoms with E-state index in [0.717, 1.165) is 19.6 Å². The largest absolute Gasteiger partial charge is 0.417 e. The van der Waals surface area contributed by atoms with Crippen molar-refractivity contribution in [2.24, 2.45) is 0 Å². The van der Waals surface area contributed by atoms with Crippen molar-refractivity contribution >= 4 is 8.32 Å². The van der Waals surface area contributed by atoms with E-state index in [-0.39, 0.29) is 6.10 Å². The molecule has 1 fully saturated rings. The Hall–Kier alpha value is -0.163. The SMILES string of the molecule is CC(C)(C)[Si](C)(C)OCCCN1[C@@H]2[C@@H](O)C=C[C@@H]21. The van der Waals surface area contributed by atoms with E-state index in [1.807, 2.05) is 6.08 Å². The molecule has 0 aromatic rings. The zero-order chi connectivity index (χ0) is 13.6. The molecular weight excluding hydrogens is 242 g/mol. The van der Waals surface area contributed by atoms with E-state index >= 15 is 0 Å². The van der Waals surface area contributed by atoms with Gasteiger partial charge in [-0.3, -0.25) is 4.90 Å². The molecule has 0 amide bonds. The van der Waals surface area contributed by atoms with E-state index in [9.17, 15) is 5.11 Å². The van der Waals surface area contributed by atoms with Crippen LogP contribution in [0.1, 0.15) is 27.2 Å². The summed E-state index contributed by atoms with van der Waals surface area (Å²) in [6.45, 7) is 13.3. The molecule has 0 bridgehead atoms. The van der Waals surface area contributed by atoms with E-state index in [0.29, 0.717) is 17.1 Å². The van der Waals surface area contributed by atoms with E-state index in [1.165, 1.54) is 0 Å². The van der Waals surface area contributed by atoms with Gasteiger partial charge in [0.1, 0.15) is 0 Å². The summed E-state index contributed by atoms with van der Waals surface area (Å²) >= 11 is 0. The number of rotatable bonds is 5. The first-order chi connectivity index (χ1) is 8.24. The Morgan fingerprint density at radius 3 is 2.44 bits per heavy atom. The molecule has 4 atom stereocenters. The average molecular weight is 269 g/mol. The molecule has 1 heterocycles. The second-order valence-electron chi connectivity index (χ2n) is 7.06. The summed E-state index contributed by atoms with van der Waals surface area (Å²) in [5, 5.41) is 9.94. The second-order valence-corrected chi connectivity index (χ2v) is 11.9. The van der Waals surface area contributed by atoms with Crippen LogP contribution in [0.2, 0.25) is 18.1 Å². The minimum atomic E-state index is -1.58. The molecule has 0 aromatic carbocycles. The highest BCUT2D eigenvalue weighted by molar-refractivity contribution is 6.74. The molecule has 1 unspecified atom stereocenters. The van der Waals surface area contributed by atoms with Gasteiger partial charge in [-0.05, 0) is 24.6 Å². The minimum Gasteiger partial charge on any atom is -0.417 e. The Morgan fingerprint density at radius 1 is 1.28 bits per heavy atom. The molecule has 1 aliphatic heterocycles. The summed E-state index contributed by atoms with van der Waals surface area (Å²) in [5.74, 6) is 0. The molecule has 2 aliphatic rings. The van der Waals surface area contributed by atoms with Crippen LogP contribution in [0.4, 0.5) is 0 Å². The van der Waals surface area contributed by atoms with Gasteiger partial charge in [0.25, 0.3) is 0 Å². The van der Waals surface area contributed by atoms with Gasteiger partial charge < -0.3 is 9.53 Å². The molecule has 4 heteroatoms. The van der Waals surface area contributed by atoms with E-state index in [4.69, 9.17) is 4.43 Å². The molecule has 18 heavy (non-hydrogen) atoms. The van der Waals surface area contributed by atoms with Crippen LogP contribution in [0.5, 0.6) is 0 Å². The highest BCUT2D eigenvalue weighted by Gasteiger charge is 2.52. The van der Waals surface area contributed by atoms with E-state index in [2.05, 4.69) is 44.8 Å². The van der Waals surface area contributed by atoms with Gasteiger partial charge >= 0.3 is 0 Å². The van der Waals surface area contributed by atoms with Crippen LogP contribution >= 0.6 is 0 Å². The fourth-order valence-electron chi connectivity index (χ4n) is 2.37. The van der Waals surface area contributed by atoms with Gasteiger partial charge in [0.15, 0.2) is 8.32 Å². The van der Waals surface area contributed by atoms with Gasteiger partial charge in [0.2, 0.25) is 0 Å². The fourth-order valence-corrected chi connectivity index (χ4v) is 3.46. The van der Waals surface area contributed by atoms with Crippen molar-refractivity contribution in [2.45, 2.75) is 63.5 Å². The summed E-state index contributed by atoms with van der Waals surface area (Å²) in [4.78, 5) is 2.36. The zero-order valence-corrected chi connectivity index (χ0v) is 13.3. The first-order valence-corrected chi connectivity index (χ1v) is 9.91. The minimum absolute atomic E-state index is 0.240. The molecule has 0 spiro atoms. The monoisotopic (exact) mass is 269 g/mol. The zero-order valence-electron chi connectivity index (χ0n) is 12.3. The highest BCUT2D eigenvalue weighted by atomic mass is 28.4. The number of aliphatic hydroxyl groups excluding tert-OH is 1. The predicted octanol–water partition coefficient (Wildman–Crippen LogP) is 2.38. The molecular formula is C14H27NO2Si. The first kappa shape index (κ1) is 14.3. The third-order valence-corrected chi connectivity index (χ3v) is 9.25. The van der Waals surface area contributed by atoms with Gasteiger partial charge in [-0.15, -0.1) is 0 Å². The van der Waals surface area contributed by atoms with Crippen LogP contribution in [-0.4, -0.2) is 49.7 Å². The lowest BCUT2D eigenvalue weighted by molar-refractivity contribution is 0.198. The number of fused-ring (bicyclic) bond motifs is 1. The lowest BCUT2D eigenvalue weighted by atomic mass is 10.2. The summed E-state index contributed by atoms with van der Waals surface area (Å²) in [7, 11) is -1.58. The maximum Gasteiger partial charge on any atom is 0.191 e. The van der Waals surface area contributed by atoms with E-state index < -0.39 is 8.32 Å². The van der Waals surface area contributed by atoms with Gasteiger partial charge in [0.05, 0.1) is 12.1 Å². The van der Waals surface area contributed by atoms with Crippen LogP contribution in [-0.2, 0) is 4.43 Å². The Bertz CT molecular complexity index is 335. The number of hydrogen-bond donors (Lipinski definition) is 1. The van der Waals surface area contributed by atoms with Crippen LogP contribution in [0.3, 0.4) is 0 Å². The van der Waals surface area contributed by atoms with Gasteiger partial charge in [-0.1, -0.05) is 32.9 Å². The summed E-state index contributed by atoms with van der Waals surface area (Å²) in [6.07, 6.45) is 4.87. The molecule has 0 saturated carbocycles. The Kier molecular flexibility index (Phi) is 3.76. The molecule has 3 nitrogen and oxygen atoms in total. The topological polar surface area (TPSA) is 32.5 Å². The summed E-state index contributed by atoms with van der Waals surface area (Å²) in [6, 6.07) is 0.880. The van der Waals surface area contributed by atoms with Crippen molar-refractivity contribution in [3.63, 3.8) is 0 Å². The molecule has 104 valence electrons. The average Bonchev–Trinajstić information content (AvgIpc) is 2.80. The van der Waals surface area contributed by atoms with Gasteiger partial charge in [0, 0.05) is 19.2 Å². The van der Waals surface area contributed by atoms with Gasteiger partial charge in [-0.2, -0.15) is 0 Å². The third-order valence-electron chi connectivity index (χ3n) is 4.71. The molecule has 2 rings (SSSR count). The van der Waals surface area contributed by atoms with Crippen molar-refractivity contribution in [3.8, 4) is 0 Å². The normalized spacial score (nSPS) is 34.8. The van der Waals surface area contributed by atoms with Gasteiger partial charge in [-0.25, -0.2) is 0 Å². The van der Waals surface area contributed by atoms with Crippen molar-refractivity contribution in [1.82, 2.24) is 4.90 Å². The highest BCUT2D eigenvalue weighted by Crippen LogP contribution is 2.38. The maximum absolute atomic E-state index is 9.65. The quantitative estimate of drug-likeness (QED) is 0.360. The van der Waals surface area contributed by atoms with Crippen LogP contribution in [0.25, 0.3) is 0 Å². The number of nitrogens with zero attached hydrogens (tertiary/aromatic N) is 1. The molecule has 0 aromatic heterocycles. The van der Waals surface area contributed by atoms with Crippen molar-refractivity contribution in [3.05, 3.63) is 12.2 Å². The van der Waals surface area contributed by atoms with Crippen LogP contribution in [0.15, 0.2) is 12.2 Å². The lowest BCUT2D eigenvalue weighted by Gasteiger charge is -2.36. The van der Waals surface area contributed by atoms with Crippen LogP contribution in [0, 0.1) is 0 Å². The Balaban J connectivity index is 1.65. The predicted molar refractivity (Wildman–Crippen MR) is 77.2 cm³/mol. The van der Waals surface area contributed by atoms with Crippen molar-refractivity contribution < 1.29 is 9.53 Å². The summed E-state index contributed by atoms with van der Waals surface area (Å²) in [5.41, 5.74) is 0. The maximum atomic E-state index is 9.65. The van der Waals surface area contributed by atoms with Crippen molar-refractivity contribution in [2.75, 3.05) is 13.2 Å². The third kappa shape index (κ3) is 2.71. The molecule has 0 radical (unpaired) electrons. The number of hydrogen-bond acceptors (Lipinski definition) is 3. The Morgan fingerprint density at radius 2 is 1.94 bits per heavy atom. The number of aliphatic hydroxyl groups is 1. The fraction of sp³-hybridized carbons (Fsp3) is 0.857. The Labute approximate surface area is 112 Å². The standard InChI is InChI=1S/C14H27NO2Si/c1-14(2,3)18(4,5)17-10-6-9-15-11-7-8-12(16)13(11)15/h7-8,11-13,16H,6,9-10H2,1-5H3/t11-,12-,13-,15?/m0/s1. The van der Waals surface area contributed by atoms with Crippen LogP contribution < -0.4 is 0 Å². The van der Waals surface area contributed by atoms with E-state index in [1.54, 1.807) is 0 Å². The smallest absolute Gasteiger partial charge is 0.191 e. The molecule has 1 saturated heterocycles. The molecule has 1 aliphatic carbocycles. The summed E-state index contributed by atoms with van der Waals surface area (Å²) < 4.78 is 6.15. The van der Waals surface area contributed by atoms with Crippen molar-refractivity contribution in [1.29, 1.82) is 0 Å². The molecule has 1 N–H and O–H groups in total.